The van der Waals surface area contributed by atoms with Crippen LogP contribution >= 0.6 is 0 Å². The molecule has 0 saturated carbocycles. The summed E-state index contributed by atoms with van der Waals surface area (Å²) in [7, 11) is 0. The maximum atomic E-state index is 9.22. The van der Waals surface area contributed by atoms with Gasteiger partial charge in [0.1, 0.15) is 0 Å². The van der Waals surface area contributed by atoms with Crippen LogP contribution in [0.2, 0.25) is 0 Å². The Kier molecular flexibility index (Phi) is 6.05. The van der Waals surface area contributed by atoms with E-state index < -0.39 is 0 Å². The predicted molar refractivity (Wildman–Crippen MR) is 94.3 cm³/mol. The summed E-state index contributed by atoms with van der Waals surface area (Å²) in [6, 6.07) is 9.17. The molecule has 2 heteroatoms. The Labute approximate surface area is 136 Å². The van der Waals surface area contributed by atoms with Crippen LogP contribution in [0.25, 0.3) is 0 Å². The van der Waals surface area contributed by atoms with Crippen LogP contribution in [0.1, 0.15) is 51.7 Å². The summed E-state index contributed by atoms with van der Waals surface area (Å²) in [5.41, 5.74) is 3.10. The average molecular weight is 303 g/mol. The molecule has 1 aliphatic heterocycles. The first-order chi connectivity index (χ1) is 10.4. The highest BCUT2D eigenvalue weighted by Gasteiger charge is 2.20. The van der Waals surface area contributed by atoms with Gasteiger partial charge in [0.15, 0.2) is 0 Å². The van der Waals surface area contributed by atoms with Crippen molar-refractivity contribution in [3.8, 4) is 0 Å². The number of aliphatic hydroxyl groups is 1. The second-order valence-electron chi connectivity index (χ2n) is 8.18. The molecule has 0 aliphatic carbocycles. The van der Waals surface area contributed by atoms with E-state index in [1.807, 2.05) is 0 Å². The molecule has 2 rings (SSSR count). The summed E-state index contributed by atoms with van der Waals surface area (Å²) >= 11 is 0. The zero-order valence-corrected chi connectivity index (χ0v) is 14.8. The molecule has 0 radical (unpaired) electrons. The summed E-state index contributed by atoms with van der Waals surface area (Å²) < 4.78 is 0. The molecule has 1 atom stereocenters. The lowest BCUT2D eigenvalue weighted by molar-refractivity contribution is 0.121. The van der Waals surface area contributed by atoms with Crippen molar-refractivity contribution in [3.63, 3.8) is 0 Å². The Hall–Kier alpha value is -0.860. The fourth-order valence-electron chi connectivity index (χ4n) is 3.40. The van der Waals surface area contributed by atoms with Crippen LogP contribution in [0.3, 0.4) is 0 Å². The third-order valence-corrected chi connectivity index (χ3v) is 4.94. The molecule has 0 bridgehead atoms. The van der Waals surface area contributed by atoms with Crippen LogP contribution in [0.4, 0.5) is 0 Å². The van der Waals surface area contributed by atoms with Gasteiger partial charge in [-0.05, 0) is 60.7 Å². The summed E-state index contributed by atoms with van der Waals surface area (Å²) in [5.74, 6) is 1.22. The highest BCUT2D eigenvalue weighted by atomic mass is 16.3. The first-order valence-electron chi connectivity index (χ1n) is 8.81. The molecule has 22 heavy (non-hydrogen) atoms. The molecule has 1 saturated heterocycles. The largest absolute Gasteiger partial charge is 0.396 e. The van der Waals surface area contributed by atoms with Crippen molar-refractivity contribution in [2.24, 2.45) is 11.8 Å². The molecule has 1 aliphatic rings. The van der Waals surface area contributed by atoms with Gasteiger partial charge in [0, 0.05) is 13.2 Å². The van der Waals surface area contributed by atoms with Gasteiger partial charge in [0.05, 0.1) is 0 Å². The molecule has 0 spiro atoms. The standard InChI is InChI=1S/C20H33NO/c1-16(14-21-11-9-18(15-22)10-12-21)13-17-5-7-19(8-6-17)20(2,3)4/h5-8,16,18,22H,9-15H2,1-4H3. The predicted octanol–water partition coefficient (Wildman–Crippen LogP) is 3.87. The van der Waals surface area contributed by atoms with Crippen molar-refractivity contribution in [3.05, 3.63) is 35.4 Å². The minimum absolute atomic E-state index is 0.237. The first-order valence-corrected chi connectivity index (χ1v) is 8.81. The van der Waals surface area contributed by atoms with E-state index in [-0.39, 0.29) is 5.41 Å². The minimum Gasteiger partial charge on any atom is -0.396 e. The highest BCUT2D eigenvalue weighted by Crippen LogP contribution is 2.23. The molecule has 0 aromatic heterocycles. The Balaban J connectivity index is 1.81. The lowest BCUT2D eigenvalue weighted by atomic mass is 9.86. The average Bonchev–Trinajstić information content (AvgIpc) is 2.47. The summed E-state index contributed by atoms with van der Waals surface area (Å²) in [4.78, 5) is 2.57. The van der Waals surface area contributed by atoms with Gasteiger partial charge in [-0.3, -0.25) is 0 Å². The monoisotopic (exact) mass is 303 g/mol. The van der Waals surface area contributed by atoms with Gasteiger partial charge in [-0.2, -0.15) is 0 Å². The number of rotatable bonds is 5. The van der Waals surface area contributed by atoms with E-state index >= 15 is 0 Å². The van der Waals surface area contributed by atoms with Gasteiger partial charge < -0.3 is 10.0 Å². The van der Waals surface area contributed by atoms with Crippen molar-refractivity contribution < 1.29 is 5.11 Å². The van der Waals surface area contributed by atoms with Crippen LogP contribution in [0.15, 0.2) is 24.3 Å². The molecule has 2 nitrogen and oxygen atoms in total. The van der Waals surface area contributed by atoms with Crippen molar-refractivity contribution in [1.82, 2.24) is 4.90 Å². The number of aliphatic hydroxyl groups excluding tert-OH is 1. The third kappa shape index (κ3) is 5.10. The molecular formula is C20H33NO. The van der Waals surface area contributed by atoms with Crippen molar-refractivity contribution in [2.45, 2.75) is 52.4 Å². The number of hydrogen-bond acceptors (Lipinski definition) is 2. The minimum atomic E-state index is 0.237. The maximum Gasteiger partial charge on any atom is 0.0460 e. The fraction of sp³-hybridized carbons (Fsp3) is 0.700. The van der Waals surface area contributed by atoms with E-state index in [9.17, 15) is 5.11 Å². The number of benzene rings is 1. The van der Waals surface area contributed by atoms with Gasteiger partial charge in [0.2, 0.25) is 0 Å². The Morgan fingerprint density at radius 2 is 1.73 bits per heavy atom. The lowest BCUT2D eigenvalue weighted by Gasteiger charge is -2.32. The molecule has 1 fully saturated rings. The zero-order valence-electron chi connectivity index (χ0n) is 14.8. The molecule has 124 valence electrons. The number of nitrogens with zero attached hydrogens (tertiary/aromatic N) is 1. The second kappa shape index (κ2) is 7.61. The van der Waals surface area contributed by atoms with E-state index in [0.717, 1.165) is 32.4 Å². The molecule has 1 unspecified atom stereocenters. The van der Waals surface area contributed by atoms with Crippen LogP contribution in [0.5, 0.6) is 0 Å². The molecule has 1 heterocycles. The SMILES string of the molecule is CC(Cc1ccc(C(C)(C)C)cc1)CN1CCC(CO)CC1. The van der Waals surface area contributed by atoms with Crippen molar-refractivity contribution in [2.75, 3.05) is 26.2 Å². The van der Waals surface area contributed by atoms with Gasteiger partial charge in [-0.25, -0.2) is 0 Å². The Bertz CT molecular complexity index is 438. The van der Waals surface area contributed by atoms with E-state index in [0.29, 0.717) is 18.4 Å². The van der Waals surface area contributed by atoms with Gasteiger partial charge in [-0.15, -0.1) is 0 Å². The molecule has 1 aromatic carbocycles. The molecule has 1 aromatic rings. The van der Waals surface area contributed by atoms with Crippen molar-refractivity contribution in [1.29, 1.82) is 0 Å². The third-order valence-electron chi connectivity index (χ3n) is 4.94. The number of hydrogen-bond donors (Lipinski definition) is 1. The Morgan fingerprint density at radius 1 is 1.14 bits per heavy atom. The van der Waals surface area contributed by atoms with Crippen LogP contribution in [-0.2, 0) is 11.8 Å². The zero-order chi connectivity index (χ0) is 16.2. The topological polar surface area (TPSA) is 23.5 Å². The fourth-order valence-corrected chi connectivity index (χ4v) is 3.40. The first kappa shape index (κ1) is 17.5. The molecule has 0 amide bonds. The van der Waals surface area contributed by atoms with Crippen LogP contribution in [0, 0.1) is 11.8 Å². The van der Waals surface area contributed by atoms with Gasteiger partial charge in [-0.1, -0.05) is 52.0 Å². The van der Waals surface area contributed by atoms with E-state index in [2.05, 4.69) is 56.9 Å². The van der Waals surface area contributed by atoms with E-state index in [1.165, 1.54) is 17.7 Å². The van der Waals surface area contributed by atoms with Gasteiger partial charge >= 0.3 is 0 Å². The quantitative estimate of drug-likeness (QED) is 0.892. The number of likely N-dealkylation sites (tertiary alicyclic amines) is 1. The van der Waals surface area contributed by atoms with Gasteiger partial charge in [0.25, 0.3) is 0 Å². The molecular weight excluding hydrogens is 270 g/mol. The lowest BCUT2D eigenvalue weighted by Crippen LogP contribution is -2.37. The summed E-state index contributed by atoms with van der Waals surface area (Å²) in [5, 5.41) is 9.22. The van der Waals surface area contributed by atoms with E-state index in [1.54, 1.807) is 0 Å². The summed E-state index contributed by atoms with van der Waals surface area (Å²) in [6.07, 6.45) is 3.47. The maximum absolute atomic E-state index is 9.22. The van der Waals surface area contributed by atoms with E-state index in [4.69, 9.17) is 0 Å². The molecule has 1 N–H and O–H groups in total. The highest BCUT2D eigenvalue weighted by molar-refractivity contribution is 5.27. The van der Waals surface area contributed by atoms with Crippen molar-refractivity contribution >= 4 is 0 Å². The second-order valence-corrected chi connectivity index (χ2v) is 8.18. The smallest absolute Gasteiger partial charge is 0.0460 e. The number of piperidine rings is 1. The Morgan fingerprint density at radius 3 is 2.23 bits per heavy atom. The van der Waals surface area contributed by atoms with Crippen LogP contribution in [-0.4, -0.2) is 36.2 Å². The van der Waals surface area contributed by atoms with Crippen LogP contribution < -0.4 is 0 Å². The summed E-state index contributed by atoms with van der Waals surface area (Å²) in [6.45, 7) is 13.0. The normalized spacial score (nSPS) is 19.3.